The molecule has 2 unspecified atom stereocenters. The minimum Gasteiger partial charge on any atom is -0.391 e. The molecule has 1 saturated heterocycles. The highest BCUT2D eigenvalue weighted by molar-refractivity contribution is 5.95. The summed E-state index contributed by atoms with van der Waals surface area (Å²) >= 11 is 0. The van der Waals surface area contributed by atoms with Gasteiger partial charge in [-0.1, -0.05) is 29.4 Å². The van der Waals surface area contributed by atoms with Gasteiger partial charge in [-0.2, -0.15) is 4.98 Å². The third-order valence-electron chi connectivity index (χ3n) is 5.53. The fourth-order valence-electron chi connectivity index (χ4n) is 3.84. The Hall–Kier alpha value is -3.06. The molecule has 29 heavy (non-hydrogen) atoms. The van der Waals surface area contributed by atoms with Crippen LogP contribution >= 0.6 is 0 Å². The van der Waals surface area contributed by atoms with Gasteiger partial charge in [-0.05, 0) is 49.1 Å². The second kappa shape index (κ2) is 7.08. The number of halogens is 1. The molecule has 7 heteroatoms. The number of aliphatic hydroxyl groups excluding tert-OH is 1. The summed E-state index contributed by atoms with van der Waals surface area (Å²) in [6.45, 7) is 0.235. The van der Waals surface area contributed by atoms with Crippen LogP contribution in [0.3, 0.4) is 0 Å². The second-order valence-corrected chi connectivity index (χ2v) is 7.73. The lowest BCUT2D eigenvalue weighted by molar-refractivity contribution is 0.0716. The van der Waals surface area contributed by atoms with Gasteiger partial charge >= 0.3 is 0 Å². The molecule has 3 aromatic rings. The lowest BCUT2D eigenvalue weighted by Crippen LogP contribution is -2.31. The quantitative estimate of drug-likeness (QED) is 0.731. The smallest absolute Gasteiger partial charge is 0.254 e. The van der Waals surface area contributed by atoms with E-state index in [1.165, 1.54) is 12.1 Å². The number of aliphatic hydroxyl groups is 1. The van der Waals surface area contributed by atoms with Gasteiger partial charge in [-0.3, -0.25) is 4.79 Å². The van der Waals surface area contributed by atoms with Crippen LogP contribution in [0.5, 0.6) is 0 Å². The molecule has 5 rings (SSSR count). The number of β-amino-alcohol motifs (C(OH)–C–C–N with tert-alkyl or cyclic N) is 1. The van der Waals surface area contributed by atoms with Crippen molar-refractivity contribution in [2.45, 2.75) is 37.3 Å². The molecule has 1 aromatic heterocycles. The van der Waals surface area contributed by atoms with Gasteiger partial charge in [0.15, 0.2) is 0 Å². The van der Waals surface area contributed by atoms with Gasteiger partial charge in [-0.15, -0.1) is 0 Å². The van der Waals surface area contributed by atoms with Crippen molar-refractivity contribution in [3.8, 4) is 11.4 Å². The number of amides is 1. The molecule has 148 valence electrons. The summed E-state index contributed by atoms with van der Waals surface area (Å²) in [4.78, 5) is 19.3. The molecule has 2 heterocycles. The molecule has 2 atom stereocenters. The average molecular weight is 393 g/mol. The molecule has 0 radical (unpaired) electrons. The van der Waals surface area contributed by atoms with E-state index in [0.29, 0.717) is 35.2 Å². The topological polar surface area (TPSA) is 79.5 Å². The van der Waals surface area contributed by atoms with Gasteiger partial charge in [0, 0.05) is 23.6 Å². The van der Waals surface area contributed by atoms with Crippen LogP contribution in [0.2, 0.25) is 0 Å². The van der Waals surface area contributed by atoms with Gasteiger partial charge in [0.1, 0.15) is 5.82 Å². The number of hydrogen-bond donors (Lipinski definition) is 1. The first-order valence-corrected chi connectivity index (χ1v) is 9.77. The minimum atomic E-state index is -0.615. The number of carbonyl (C=O) groups is 1. The Morgan fingerprint density at radius 2 is 1.97 bits per heavy atom. The summed E-state index contributed by atoms with van der Waals surface area (Å²) in [5.74, 6) is 0.963. The third kappa shape index (κ3) is 3.53. The Kier molecular flexibility index (Phi) is 4.39. The Bertz CT molecular complexity index is 1050. The number of hydrogen-bond acceptors (Lipinski definition) is 5. The maximum absolute atomic E-state index is 13.3. The van der Waals surface area contributed by atoms with Gasteiger partial charge in [0.2, 0.25) is 11.7 Å². The number of benzene rings is 2. The Morgan fingerprint density at radius 3 is 2.72 bits per heavy atom. The average Bonchev–Trinajstić information content (AvgIpc) is 3.33. The van der Waals surface area contributed by atoms with Crippen molar-refractivity contribution in [2.75, 3.05) is 6.54 Å². The molecule has 0 bridgehead atoms. The van der Waals surface area contributed by atoms with E-state index in [1.807, 2.05) is 6.07 Å². The van der Waals surface area contributed by atoms with E-state index in [-0.39, 0.29) is 24.3 Å². The number of aromatic nitrogens is 2. The zero-order chi connectivity index (χ0) is 20.0. The van der Waals surface area contributed by atoms with Crippen LogP contribution in [0.4, 0.5) is 4.39 Å². The highest BCUT2D eigenvalue weighted by Gasteiger charge is 2.36. The summed E-state index contributed by atoms with van der Waals surface area (Å²) in [6, 6.07) is 12.9. The fraction of sp³-hybridized carbons (Fsp3) is 0.318. The highest BCUT2D eigenvalue weighted by Crippen LogP contribution is 2.39. The van der Waals surface area contributed by atoms with Crippen molar-refractivity contribution < 1.29 is 18.8 Å². The maximum Gasteiger partial charge on any atom is 0.254 e. The normalized spacial score (nSPS) is 21.5. The van der Waals surface area contributed by atoms with Crippen LogP contribution in [-0.4, -0.2) is 38.7 Å². The summed E-state index contributed by atoms with van der Waals surface area (Å²) in [7, 11) is 0. The minimum absolute atomic E-state index is 0.191. The van der Waals surface area contributed by atoms with E-state index in [0.717, 1.165) is 18.4 Å². The first kappa shape index (κ1) is 18.0. The Labute approximate surface area is 167 Å². The predicted molar refractivity (Wildman–Crippen MR) is 103 cm³/mol. The van der Waals surface area contributed by atoms with Crippen LogP contribution in [0.1, 0.15) is 53.0 Å². The summed E-state index contributed by atoms with van der Waals surface area (Å²) in [5, 5.41) is 14.2. The van der Waals surface area contributed by atoms with Crippen LogP contribution in [-0.2, 0) is 0 Å². The summed E-state index contributed by atoms with van der Waals surface area (Å²) in [5.41, 5.74) is 2.01. The van der Waals surface area contributed by atoms with Gasteiger partial charge in [-0.25, -0.2) is 4.39 Å². The van der Waals surface area contributed by atoms with E-state index < -0.39 is 6.10 Å². The maximum atomic E-state index is 13.3. The second-order valence-electron chi connectivity index (χ2n) is 7.73. The predicted octanol–water partition coefficient (Wildman–Crippen LogP) is 3.70. The lowest BCUT2D eigenvalue weighted by atomic mass is 10.0. The number of nitrogens with zero attached hydrogens (tertiary/aromatic N) is 3. The summed E-state index contributed by atoms with van der Waals surface area (Å²) in [6.07, 6.45) is 1.95. The molecule has 2 fully saturated rings. The third-order valence-corrected chi connectivity index (χ3v) is 5.53. The molecule has 1 saturated carbocycles. The molecule has 1 amide bonds. The van der Waals surface area contributed by atoms with Crippen molar-refractivity contribution in [3.05, 3.63) is 71.4 Å². The van der Waals surface area contributed by atoms with Gasteiger partial charge in [0.05, 0.1) is 12.1 Å². The first-order chi connectivity index (χ1) is 14.1. The number of likely N-dealkylation sites (tertiary alicyclic amines) is 1. The molecule has 1 aliphatic heterocycles. The van der Waals surface area contributed by atoms with Crippen LogP contribution in [0, 0.1) is 5.82 Å². The van der Waals surface area contributed by atoms with Crippen molar-refractivity contribution in [3.63, 3.8) is 0 Å². The number of carbonyl (C=O) groups excluding carboxylic acids is 1. The molecule has 2 aliphatic rings. The van der Waals surface area contributed by atoms with Crippen LogP contribution in [0.25, 0.3) is 11.4 Å². The van der Waals surface area contributed by atoms with Crippen molar-refractivity contribution in [1.29, 1.82) is 0 Å². The SMILES string of the molecule is O=C(c1cccc(-c2noc(C3CC3)n2)c1)N1CC(O)CC1c1ccc(F)cc1. The van der Waals surface area contributed by atoms with Gasteiger partial charge in [0.25, 0.3) is 5.91 Å². The van der Waals surface area contributed by atoms with Crippen LogP contribution < -0.4 is 0 Å². The summed E-state index contributed by atoms with van der Waals surface area (Å²) < 4.78 is 18.6. The first-order valence-electron chi connectivity index (χ1n) is 9.77. The van der Waals surface area contributed by atoms with Gasteiger partial charge < -0.3 is 14.5 Å². The largest absolute Gasteiger partial charge is 0.391 e. The molecule has 1 N–H and O–H groups in total. The molecule has 2 aromatic carbocycles. The molecule has 1 aliphatic carbocycles. The molecular weight excluding hydrogens is 373 g/mol. The lowest BCUT2D eigenvalue weighted by Gasteiger charge is -2.25. The highest BCUT2D eigenvalue weighted by atomic mass is 19.1. The molecular formula is C22H20FN3O3. The van der Waals surface area contributed by atoms with Crippen molar-refractivity contribution in [2.24, 2.45) is 0 Å². The standard InChI is InChI=1S/C22H20FN3O3/c23-17-8-6-13(7-9-17)19-11-18(27)12-26(19)22(28)16-3-1-2-15(10-16)20-24-21(29-25-20)14-4-5-14/h1-3,6-10,14,18-19,27H,4-5,11-12H2. The van der Waals surface area contributed by atoms with Crippen LogP contribution in [0.15, 0.2) is 53.1 Å². The van der Waals surface area contributed by atoms with Crippen molar-refractivity contribution in [1.82, 2.24) is 15.0 Å². The zero-order valence-corrected chi connectivity index (χ0v) is 15.7. The van der Waals surface area contributed by atoms with E-state index in [9.17, 15) is 14.3 Å². The molecule has 0 spiro atoms. The monoisotopic (exact) mass is 393 g/mol. The van der Waals surface area contributed by atoms with E-state index in [4.69, 9.17) is 4.52 Å². The van der Waals surface area contributed by atoms with E-state index >= 15 is 0 Å². The Balaban J connectivity index is 1.42. The molecule has 6 nitrogen and oxygen atoms in total. The Morgan fingerprint density at radius 1 is 1.17 bits per heavy atom. The van der Waals surface area contributed by atoms with E-state index in [2.05, 4.69) is 10.1 Å². The zero-order valence-electron chi connectivity index (χ0n) is 15.7. The van der Waals surface area contributed by atoms with E-state index in [1.54, 1.807) is 35.2 Å². The number of rotatable bonds is 4. The van der Waals surface area contributed by atoms with Crippen molar-refractivity contribution >= 4 is 5.91 Å². The fourth-order valence-corrected chi connectivity index (χ4v) is 3.84.